The lowest BCUT2D eigenvalue weighted by atomic mass is 9.57. The van der Waals surface area contributed by atoms with Gasteiger partial charge in [-0.25, -0.2) is 0 Å². The van der Waals surface area contributed by atoms with E-state index in [1.165, 1.54) is 17.9 Å². The molecule has 1 heterocycles. The molecule has 0 radical (unpaired) electrons. The van der Waals surface area contributed by atoms with Crippen molar-refractivity contribution < 1.29 is 39.6 Å². The number of benzene rings is 1. The third-order valence-electron chi connectivity index (χ3n) is 8.98. The first-order chi connectivity index (χ1) is 18.6. The molecule has 1 aromatic rings. The van der Waals surface area contributed by atoms with Crippen molar-refractivity contribution >= 4 is 34.8 Å². The van der Waals surface area contributed by atoms with Gasteiger partial charge in [0, 0.05) is 31.0 Å². The summed E-state index contributed by atoms with van der Waals surface area (Å²) in [6.07, 6.45) is 0.727. The minimum Gasteiger partial charge on any atom is -0.508 e. The molecule has 0 spiro atoms. The second-order valence-electron chi connectivity index (χ2n) is 11.6. The number of aliphatic hydroxyl groups is 3. The summed E-state index contributed by atoms with van der Waals surface area (Å²) >= 11 is 0. The highest BCUT2D eigenvalue weighted by atomic mass is 16.3. The number of Topliss-reactive ketones (excluding diaryl/α,β-unsaturated/α-hetero) is 2. The van der Waals surface area contributed by atoms with Crippen molar-refractivity contribution in [2.24, 2.45) is 17.6 Å². The molecule has 1 fully saturated rings. The number of amides is 2. The lowest BCUT2D eigenvalue weighted by Crippen LogP contribution is -2.65. The number of primary amides is 1. The summed E-state index contributed by atoms with van der Waals surface area (Å²) in [5, 5.41) is 45.4. The number of likely N-dealkylation sites (N-methyl/N-ethyl adjacent to an activating group) is 1. The van der Waals surface area contributed by atoms with E-state index in [0.29, 0.717) is 29.8 Å². The van der Waals surface area contributed by atoms with Crippen molar-refractivity contribution in [3.05, 3.63) is 39.7 Å². The average Bonchev–Trinajstić information content (AvgIpc) is 2.84. The van der Waals surface area contributed by atoms with Gasteiger partial charge in [-0.3, -0.25) is 24.1 Å². The zero-order chi connectivity index (χ0) is 29.6. The number of hydrogen-bond donors (Lipinski definition) is 5. The molecule has 5 atom stereocenters. The van der Waals surface area contributed by atoms with E-state index in [2.05, 4.69) is 0 Å². The average molecular weight is 555 g/mol. The molecular weight excluding hydrogens is 520 g/mol. The number of aromatic hydroxyl groups is 1. The number of aliphatic hydroxyl groups excluding tert-OH is 2. The SMILES string of the molecule is CC(=O)N1CCC(N(C)C)c2cc(O)c3c(c21)C[C@@H]1C[C@@H]2[C@@H](N(C)C)C(=O)C(C(N)=O)=C(O)[C@@]2(O)C(=O)C1=C3O. The Hall–Kier alpha value is -3.74. The van der Waals surface area contributed by atoms with E-state index in [1.54, 1.807) is 19.0 Å². The molecule has 12 nitrogen and oxygen atoms in total. The number of hydrogen-bond acceptors (Lipinski definition) is 10. The number of phenolic OH excluding ortho intramolecular Hbond substituents is 1. The molecule has 1 aliphatic heterocycles. The van der Waals surface area contributed by atoms with Gasteiger partial charge in [0.1, 0.15) is 22.8 Å². The van der Waals surface area contributed by atoms with Gasteiger partial charge >= 0.3 is 0 Å². The molecule has 0 bridgehead atoms. The molecule has 12 heteroatoms. The molecular formula is C28H34N4O8. The molecule has 1 saturated carbocycles. The zero-order valence-electron chi connectivity index (χ0n) is 23.1. The smallest absolute Gasteiger partial charge is 0.255 e. The van der Waals surface area contributed by atoms with Crippen LogP contribution in [0.25, 0.3) is 5.76 Å². The van der Waals surface area contributed by atoms with Crippen molar-refractivity contribution in [2.45, 2.75) is 43.9 Å². The van der Waals surface area contributed by atoms with Crippen molar-refractivity contribution in [2.75, 3.05) is 39.6 Å². The summed E-state index contributed by atoms with van der Waals surface area (Å²) < 4.78 is 0. The maximum absolute atomic E-state index is 14.0. The Labute approximate surface area is 231 Å². The van der Waals surface area contributed by atoms with Gasteiger partial charge in [0.15, 0.2) is 11.4 Å². The molecule has 40 heavy (non-hydrogen) atoms. The number of carbonyl (C=O) groups is 4. The highest BCUT2D eigenvalue weighted by molar-refractivity contribution is 6.24. The lowest BCUT2D eigenvalue weighted by molar-refractivity contribution is -0.153. The molecule has 5 rings (SSSR count). The third-order valence-corrected chi connectivity index (χ3v) is 8.98. The second-order valence-corrected chi connectivity index (χ2v) is 11.6. The molecule has 3 aliphatic carbocycles. The van der Waals surface area contributed by atoms with Gasteiger partial charge in [0.25, 0.3) is 5.91 Å². The maximum atomic E-state index is 14.0. The first kappa shape index (κ1) is 27.8. The van der Waals surface area contributed by atoms with Gasteiger partial charge in [0.05, 0.1) is 17.3 Å². The molecule has 6 N–H and O–H groups in total. The lowest BCUT2D eigenvalue weighted by Gasteiger charge is -2.50. The number of carbonyl (C=O) groups excluding carboxylic acids is 4. The minimum absolute atomic E-state index is 0.0205. The standard InChI is InChI=1S/C28H34N4O8/c1-11(33)32-7-6-16(30(2)3)13-10-17(34)19-14(21(13)32)8-12-9-15-22(31(4)5)24(36)20(27(29)39)26(38)28(15,40)25(37)18(12)23(19)35/h10,12,15-16,22,34-35,38,40H,6-9H2,1-5H3,(H2,29,39)/t12-,15-,16?,22-,28+/m1/s1. The van der Waals surface area contributed by atoms with Crippen LogP contribution in [0.4, 0.5) is 5.69 Å². The van der Waals surface area contributed by atoms with E-state index >= 15 is 0 Å². The van der Waals surface area contributed by atoms with Crippen molar-refractivity contribution in [1.82, 2.24) is 9.80 Å². The Kier molecular flexibility index (Phi) is 6.36. The van der Waals surface area contributed by atoms with E-state index < -0.39 is 58.0 Å². The highest BCUT2D eigenvalue weighted by Crippen LogP contribution is 2.55. The topological polar surface area (TPSA) is 185 Å². The van der Waals surface area contributed by atoms with Crippen molar-refractivity contribution in [3.8, 4) is 5.75 Å². The quantitative estimate of drug-likeness (QED) is 0.326. The monoisotopic (exact) mass is 554 g/mol. The van der Waals surface area contributed by atoms with E-state index in [0.717, 1.165) is 0 Å². The number of nitrogens with two attached hydrogens (primary N) is 1. The van der Waals surface area contributed by atoms with Gasteiger partial charge in [-0.1, -0.05) is 0 Å². The van der Waals surface area contributed by atoms with Gasteiger partial charge in [-0.15, -0.1) is 0 Å². The Morgan fingerprint density at radius 1 is 1.10 bits per heavy atom. The van der Waals surface area contributed by atoms with Crippen LogP contribution < -0.4 is 10.6 Å². The minimum atomic E-state index is -2.70. The number of ketones is 2. The highest BCUT2D eigenvalue weighted by Gasteiger charge is 2.64. The van der Waals surface area contributed by atoms with Crippen LogP contribution in [0.3, 0.4) is 0 Å². The Morgan fingerprint density at radius 3 is 2.30 bits per heavy atom. The van der Waals surface area contributed by atoms with E-state index in [4.69, 9.17) is 5.73 Å². The zero-order valence-corrected chi connectivity index (χ0v) is 23.1. The van der Waals surface area contributed by atoms with Crippen LogP contribution in [0.2, 0.25) is 0 Å². The first-order valence-corrected chi connectivity index (χ1v) is 13.1. The molecule has 0 aromatic heterocycles. The van der Waals surface area contributed by atoms with Gasteiger partial charge in [-0.05, 0) is 70.6 Å². The molecule has 1 unspecified atom stereocenters. The Morgan fingerprint density at radius 2 is 1.75 bits per heavy atom. The summed E-state index contributed by atoms with van der Waals surface area (Å²) in [5.41, 5.74) is 3.32. The predicted molar refractivity (Wildman–Crippen MR) is 143 cm³/mol. The summed E-state index contributed by atoms with van der Waals surface area (Å²) in [4.78, 5) is 57.2. The van der Waals surface area contributed by atoms with E-state index in [1.807, 2.05) is 19.0 Å². The summed E-state index contributed by atoms with van der Waals surface area (Å²) in [6, 6.07) is 0.206. The predicted octanol–water partition coefficient (Wildman–Crippen LogP) is 0.323. The fourth-order valence-electron chi connectivity index (χ4n) is 7.27. The normalized spacial score (nSPS) is 29.9. The second kappa shape index (κ2) is 9.15. The number of rotatable bonds is 3. The van der Waals surface area contributed by atoms with Crippen LogP contribution in [0.15, 0.2) is 23.0 Å². The summed E-state index contributed by atoms with van der Waals surface area (Å²) in [5.74, 6) is -7.26. The summed E-state index contributed by atoms with van der Waals surface area (Å²) in [6.45, 7) is 1.85. The van der Waals surface area contributed by atoms with Crippen LogP contribution in [0.5, 0.6) is 5.75 Å². The molecule has 2 amide bonds. The molecule has 1 aromatic carbocycles. The van der Waals surface area contributed by atoms with Gasteiger partial charge in [0.2, 0.25) is 11.7 Å². The maximum Gasteiger partial charge on any atom is 0.255 e. The first-order valence-electron chi connectivity index (χ1n) is 13.1. The summed E-state index contributed by atoms with van der Waals surface area (Å²) in [7, 11) is 6.89. The third kappa shape index (κ3) is 3.55. The number of phenols is 1. The number of fused-ring (bicyclic) bond motifs is 5. The van der Waals surface area contributed by atoms with Gasteiger partial charge < -0.3 is 36.0 Å². The number of anilines is 1. The van der Waals surface area contributed by atoms with Crippen molar-refractivity contribution in [3.63, 3.8) is 0 Å². The Bertz CT molecular complexity index is 1440. The fourth-order valence-corrected chi connectivity index (χ4v) is 7.27. The number of nitrogens with zero attached hydrogens (tertiary/aromatic N) is 3. The van der Waals surface area contributed by atoms with E-state index in [9.17, 15) is 39.6 Å². The van der Waals surface area contributed by atoms with Crippen LogP contribution >= 0.6 is 0 Å². The van der Waals surface area contributed by atoms with Crippen molar-refractivity contribution in [1.29, 1.82) is 0 Å². The fraction of sp³-hybridized carbons (Fsp3) is 0.500. The molecule has 4 aliphatic rings. The Balaban J connectivity index is 1.77. The molecule has 0 saturated heterocycles. The van der Waals surface area contributed by atoms with Crippen LogP contribution in [0, 0.1) is 11.8 Å². The van der Waals surface area contributed by atoms with Crippen LogP contribution in [0.1, 0.15) is 42.5 Å². The van der Waals surface area contributed by atoms with Crippen LogP contribution in [-0.4, -0.2) is 100.0 Å². The van der Waals surface area contributed by atoms with Gasteiger partial charge in [-0.2, -0.15) is 0 Å². The van der Waals surface area contributed by atoms with E-state index in [-0.39, 0.29) is 41.7 Å². The van der Waals surface area contributed by atoms with Crippen LogP contribution in [-0.2, 0) is 25.6 Å². The largest absolute Gasteiger partial charge is 0.508 e. The molecule has 214 valence electrons.